The molecule has 0 saturated heterocycles. The van der Waals surface area contributed by atoms with Crippen LogP contribution in [0.3, 0.4) is 0 Å². The van der Waals surface area contributed by atoms with Crippen molar-refractivity contribution in [2.75, 3.05) is 7.05 Å². The predicted molar refractivity (Wildman–Crippen MR) is 48.6 cm³/mol. The second kappa shape index (κ2) is 3.37. The van der Waals surface area contributed by atoms with Gasteiger partial charge in [0.15, 0.2) is 0 Å². The lowest BCUT2D eigenvalue weighted by Crippen LogP contribution is -1.97. The van der Waals surface area contributed by atoms with E-state index in [4.69, 9.17) is 5.73 Å². The Labute approximate surface area is 67.5 Å². The Morgan fingerprint density at radius 1 is 1.64 bits per heavy atom. The molecular formula is C9H14N2. The van der Waals surface area contributed by atoms with Gasteiger partial charge in [-0.15, -0.1) is 0 Å². The largest absolute Gasteiger partial charge is 0.402 e. The first kappa shape index (κ1) is 8.05. The second-order valence-electron chi connectivity index (χ2n) is 2.88. The van der Waals surface area contributed by atoms with Crippen molar-refractivity contribution in [3.63, 3.8) is 0 Å². The fourth-order valence-corrected chi connectivity index (χ4v) is 1.13. The average Bonchev–Trinajstić information content (AvgIpc) is 2.35. The number of aliphatic imine (C=N–C) groups is 1. The summed E-state index contributed by atoms with van der Waals surface area (Å²) in [5.74, 6) is 0. The molecule has 60 valence electrons. The monoisotopic (exact) mass is 150 g/mol. The summed E-state index contributed by atoms with van der Waals surface area (Å²) in [5.41, 5.74) is 9.11. The van der Waals surface area contributed by atoms with Gasteiger partial charge in [0.2, 0.25) is 0 Å². The van der Waals surface area contributed by atoms with Gasteiger partial charge in [-0.05, 0) is 13.0 Å². The Balaban J connectivity index is 2.44. The molecule has 1 aliphatic carbocycles. The van der Waals surface area contributed by atoms with Crippen molar-refractivity contribution in [3.05, 3.63) is 23.4 Å². The van der Waals surface area contributed by atoms with Crippen LogP contribution in [0, 0.1) is 0 Å². The van der Waals surface area contributed by atoms with Crippen LogP contribution in [0.25, 0.3) is 0 Å². The molecule has 2 N–H and O–H groups in total. The third-order valence-corrected chi connectivity index (χ3v) is 1.83. The van der Waals surface area contributed by atoms with Crippen molar-refractivity contribution in [3.8, 4) is 0 Å². The van der Waals surface area contributed by atoms with Gasteiger partial charge in [0.25, 0.3) is 0 Å². The van der Waals surface area contributed by atoms with Gasteiger partial charge < -0.3 is 5.73 Å². The van der Waals surface area contributed by atoms with E-state index in [0.717, 1.165) is 18.5 Å². The van der Waals surface area contributed by atoms with Gasteiger partial charge in [-0.2, -0.15) is 0 Å². The third-order valence-electron chi connectivity index (χ3n) is 1.83. The van der Waals surface area contributed by atoms with E-state index in [1.54, 1.807) is 0 Å². The predicted octanol–water partition coefficient (Wildman–Crippen LogP) is 1.64. The lowest BCUT2D eigenvalue weighted by atomic mass is 10.1. The molecule has 0 heterocycles. The average molecular weight is 150 g/mol. The molecule has 0 aromatic carbocycles. The molecule has 1 rings (SSSR count). The third kappa shape index (κ3) is 2.22. The topological polar surface area (TPSA) is 38.4 Å². The van der Waals surface area contributed by atoms with Gasteiger partial charge in [0.05, 0.1) is 0 Å². The zero-order valence-electron chi connectivity index (χ0n) is 7.09. The molecule has 0 radical (unpaired) electrons. The van der Waals surface area contributed by atoms with E-state index >= 15 is 0 Å². The Hall–Kier alpha value is -1.05. The Bertz CT molecular complexity index is 234. The first-order valence-corrected chi connectivity index (χ1v) is 3.78. The van der Waals surface area contributed by atoms with Crippen LogP contribution in [0.5, 0.6) is 0 Å². The molecule has 0 fully saturated rings. The van der Waals surface area contributed by atoms with Crippen molar-refractivity contribution >= 4 is 5.71 Å². The zero-order chi connectivity index (χ0) is 8.27. The Morgan fingerprint density at radius 3 is 2.82 bits per heavy atom. The van der Waals surface area contributed by atoms with Crippen LogP contribution >= 0.6 is 0 Å². The SMILES string of the molecule is C/N=C(/C)CC1=CC=C(N)C1. The van der Waals surface area contributed by atoms with E-state index in [9.17, 15) is 0 Å². The van der Waals surface area contributed by atoms with E-state index in [2.05, 4.69) is 11.1 Å². The first-order chi connectivity index (χ1) is 5.22. The van der Waals surface area contributed by atoms with E-state index < -0.39 is 0 Å². The molecule has 0 unspecified atom stereocenters. The molecule has 0 bridgehead atoms. The normalized spacial score (nSPS) is 18.2. The maximum atomic E-state index is 5.61. The standard InChI is InChI=1S/C9H14N2/c1-7(11-2)5-8-3-4-9(10)6-8/h3-4H,5-6,10H2,1-2H3/b11-7-. The Morgan fingerprint density at radius 2 is 2.36 bits per heavy atom. The summed E-state index contributed by atoms with van der Waals surface area (Å²) in [6.07, 6.45) is 5.95. The minimum Gasteiger partial charge on any atom is -0.402 e. The molecule has 2 heteroatoms. The molecule has 0 atom stereocenters. The van der Waals surface area contributed by atoms with Crippen LogP contribution in [-0.2, 0) is 0 Å². The van der Waals surface area contributed by atoms with Crippen molar-refractivity contribution in [1.82, 2.24) is 0 Å². The number of hydrogen-bond acceptors (Lipinski definition) is 2. The minimum atomic E-state index is 0.923. The molecule has 0 aliphatic heterocycles. The summed E-state index contributed by atoms with van der Waals surface area (Å²) in [6.45, 7) is 2.04. The first-order valence-electron chi connectivity index (χ1n) is 3.78. The fourth-order valence-electron chi connectivity index (χ4n) is 1.13. The van der Waals surface area contributed by atoms with Crippen molar-refractivity contribution < 1.29 is 0 Å². The number of allylic oxidation sites excluding steroid dienone is 3. The lowest BCUT2D eigenvalue weighted by Gasteiger charge is -2.00. The summed E-state index contributed by atoms with van der Waals surface area (Å²) in [7, 11) is 1.82. The highest BCUT2D eigenvalue weighted by Gasteiger charge is 2.05. The molecular weight excluding hydrogens is 136 g/mol. The summed E-state index contributed by atoms with van der Waals surface area (Å²) < 4.78 is 0. The fraction of sp³-hybridized carbons (Fsp3) is 0.444. The molecule has 0 aromatic heterocycles. The van der Waals surface area contributed by atoms with Crippen LogP contribution in [0.15, 0.2) is 28.4 Å². The summed E-state index contributed by atoms with van der Waals surface area (Å²) in [4.78, 5) is 4.09. The molecule has 0 aromatic rings. The van der Waals surface area contributed by atoms with Gasteiger partial charge >= 0.3 is 0 Å². The van der Waals surface area contributed by atoms with E-state index in [0.29, 0.717) is 0 Å². The van der Waals surface area contributed by atoms with Crippen LogP contribution < -0.4 is 5.73 Å². The Kier molecular flexibility index (Phi) is 2.47. The number of hydrogen-bond donors (Lipinski definition) is 1. The maximum absolute atomic E-state index is 5.61. The molecule has 2 nitrogen and oxygen atoms in total. The maximum Gasteiger partial charge on any atom is 0.0276 e. The highest BCUT2D eigenvalue weighted by Crippen LogP contribution is 2.18. The summed E-state index contributed by atoms with van der Waals surface area (Å²) in [6, 6.07) is 0. The van der Waals surface area contributed by atoms with Gasteiger partial charge in [-0.1, -0.05) is 11.6 Å². The molecule has 11 heavy (non-hydrogen) atoms. The van der Waals surface area contributed by atoms with Crippen LogP contribution in [0.1, 0.15) is 19.8 Å². The lowest BCUT2D eigenvalue weighted by molar-refractivity contribution is 1.07. The smallest absolute Gasteiger partial charge is 0.0276 e. The van der Waals surface area contributed by atoms with Crippen molar-refractivity contribution in [2.45, 2.75) is 19.8 Å². The quantitative estimate of drug-likeness (QED) is 0.597. The van der Waals surface area contributed by atoms with Crippen LogP contribution in [0.2, 0.25) is 0 Å². The van der Waals surface area contributed by atoms with Gasteiger partial charge in [-0.25, -0.2) is 0 Å². The van der Waals surface area contributed by atoms with Crippen molar-refractivity contribution in [2.24, 2.45) is 10.7 Å². The van der Waals surface area contributed by atoms with Gasteiger partial charge in [0, 0.05) is 31.3 Å². The second-order valence-corrected chi connectivity index (χ2v) is 2.88. The van der Waals surface area contributed by atoms with Gasteiger partial charge in [0.1, 0.15) is 0 Å². The molecule has 1 aliphatic rings. The zero-order valence-corrected chi connectivity index (χ0v) is 7.09. The molecule has 0 spiro atoms. The van der Waals surface area contributed by atoms with Crippen LogP contribution in [-0.4, -0.2) is 12.8 Å². The molecule has 0 amide bonds. The van der Waals surface area contributed by atoms with E-state index in [1.807, 2.05) is 20.0 Å². The molecule has 0 saturated carbocycles. The summed E-state index contributed by atoms with van der Waals surface area (Å²) in [5, 5.41) is 0. The highest BCUT2D eigenvalue weighted by atomic mass is 14.7. The van der Waals surface area contributed by atoms with Gasteiger partial charge in [-0.3, -0.25) is 4.99 Å². The summed E-state index contributed by atoms with van der Waals surface area (Å²) >= 11 is 0. The number of nitrogens with zero attached hydrogens (tertiary/aromatic N) is 1. The van der Waals surface area contributed by atoms with Crippen molar-refractivity contribution in [1.29, 1.82) is 0 Å². The van der Waals surface area contributed by atoms with E-state index in [-0.39, 0.29) is 0 Å². The van der Waals surface area contributed by atoms with Crippen LogP contribution in [0.4, 0.5) is 0 Å². The number of nitrogens with two attached hydrogens (primary N) is 1. The number of rotatable bonds is 2. The van der Waals surface area contributed by atoms with E-state index in [1.165, 1.54) is 11.3 Å². The minimum absolute atomic E-state index is 0.923. The highest BCUT2D eigenvalue weighted by molar-refractivity contribution is 5.84.